The Kier molecular flexibility index (Phi) is 5.74. The van der Waals surface area contributed by atoms with Gasteiger partial charge in [0.2, 0.25) is 5.91 Å². The highest BCUT2D eigenvalue weighted by Crippen LogP contribution is 2.34. The fraction of sp³-hybridized carbons (Fsp3) is 0.688. The van der Waals surface area contributed by atoms with Gasteiger partial charge in [-0.3, -0.25) is 10.1 Å². The van der Waals surface area contributed by atoms with Crippen LogP contribution in [-0.2, 0) is 4.79 Å². The van der Waals surface area contributed by atoms with Crippen LogP contribution in [0.25, 0.3) is 0 Å². The summed E-state index contributed by atoms with van der Waals surface area (Å²) in [4.78, 5) is 17.4. The second-order valence-electron chi connectivity index (χ2n) is 5.99. The Hall–Kier alpha value is -0.520. The fourth-order valence-electron chi connectivity index (χ4n) is 2.75. The van der Waals surface area contributed by atoms with Gasteiger partial charge in [0.15, 0.2) is 0 Å². The van der Waals surface area contributed by atoms with Crippen molar-refractivity contribution in [3.8, 4) is 0 Å². The number of aryl methyl sites for hydroxylation is 1. The minimum atomic E-state index is -0.0634. The zero-order chi connectivity index (χ0) is 15.6. The number of thioether (sulfide) groups is 1. The van der Waals surface area contributed by atoms with E-state index in [1.54, 1.807) is 11.3 Å². The highest BCUT2D eigenvalue weighted by Gasteiger charge is 2.43. The third-order valence-corrected chi connectivity index (χ3v) is 6.05. The molecule has 2 heterocycles. The Morgan fingerprint density at radius 2 is 2.10 bits per heavy atom. The molecule has 118 valence electrons. The van der Waals surface area contributed by atoms with E-state index in [-0.39, 0.29) is 24.2 Å². The number of hydrogen-bond donors (Lipinski definition) is 1. The first-order valence-electron chi connectivity index (χ1n) is 7.68. The lowest BCUT2D eigenvalue weighted by atomic mass is 10.0. The van der Waals surface area contributed by atoms with Gasteiger partial charge in [0.1, 0.15) is 6.17 Å². The van der Waals surface area contributed by atoms with E-state index in [1.165, 1.54) is 9.75 Å². The predicted octanol–water partition coefficient (Wildman–Crippen LogP) is 3.65. The number of rotatable bonds is 6. The highest BCUT2D eigenvalue weighted by atomic mass is 32.2. The molecule has 0 radical (unpaired) electrons. The zero-order valence-corrected chi connectivity index (χ0v) is 15.2. The van der Waals surface area contributed by atoms with Crippen LogP contribution < -0.4 is 5.32 Å². The van der Waals surface area contributed by atoms with Crippen molar-refractivity contribution in [1.29, 1.82) is 0 Å². The normalized spacial score (nSPS) is 24.1. The smallest absolute Gasteiger partial charge is 0.241 e. The van der Waals surface area contributed by atoms with Gasteiger partial charge in [-0.2, -0.15) is 11.8 Å². The van der Waals surface area contributed by atoms with E-state index in [4.69, 9.17) is 0 Å². The van der Waals surface area contributed by atoms with Crippen LogP contribution in [-0.4, -0.2) is 34.4 Å². The summed E-state index contributed by atoms with van der Waals surface area (Å²) in [7, 11) is 0. The van der Waals surface area contributed by atoms with Gasteiger partial charge in [-0.25, -0.2) is 0 Å². The molecule has 1 aliphatic rings. The molecule has 0 bridgehead atoms. The molecule has 0 spiro atoms. The molecule has 3 atom stereocenters. The highest BCUT2D eigenvalue weighted by molar-refractivity contribution is 7.99. The third-order valence-electron chi connectivity index (χ3n) is 3.87. The van der Waals surface area contributed by atoms with Crippen LogP contribution >= 0.6 is 23.1 Å². The summed E-state index contributed by atoms with van der Waals surface area (Å²) in [5.41, 5.74) is 0. The van der Waals surface area contributed by atoms with E-state index < -0.39 is 0 Å². The molecule has 1 aliphatic heterocycles. The zero-order valence-electron chi connectivity index (χ0n) is 13.6. The lowest BCUT2D eigenvalue weighted by Gasteiger charge is -2.29. The standard InChI is InChI=1S/C16H26N2OS2/c1-6-20-9-11(4)18-15(13-8-7-12(5)21-13)17-14(10(2)3)16(18)19/h7-8,10-11,14-15,17H,6,9H2,1-5H3. The number of carbonyl (C=O) groups excluding carboxylic acids is 1. The average molecular weight is 327 g/mol. The molecule has 3 unspecified atom stereocenters. The summed E-state index contributed by atoms with van der Waals surface area (Å²) in [5, 5.41) is 3.55. The molecule has 3 nitrogen and oxygen atoms in total. The van der Waals surface area contributed by atoms with Crippen LogP contribution in [0, 0.1) is 12.8 Å². The molecule has 5 heteroatoms. The molecule has 1 fully saturated rings. The minimum absolute atomic E-state index is 0.0380. The largest absolute Gasteiger partial charge is 0.317 e. The SMILES string of the molecule is CCSCC(C)N1C(=O)C(C(C)C)NC1c1ccc(C)s1. The first-order valence-corrected chi connectivity index (χ1v) is 9.65. The van der Waals surface area contributed by atoms with Crippen molar-refractivity contribution in [3.05, 3.63) is 21.9 Å². The van der Waals surface area contributed by atoms with Gasteiger partial charge in [-0.05, 0) is 37.7 Å². The molecule has 1 aromatic heterocycles. The van der Waals surface area contributed by atoms with Crippen LogP contribution in [0.15, 0.2) is 12.1 Å². The Bertz CT molecular complexity index is 486. The minimum Gasteiger partial charge on any atom is -0.317 e. The van der Waals surface area contributed by atoms with Gasteiger partial charge in [0.25, 0.3) is 0 Å². The molecule has 1 amide bonds. The number of carbonyl (C=O) groups is 1. The Morgan fingerprint density at radius 3 is 2.62 bits per heavy atom. The lowest BCUT2D eigenvalue weighted by Crippen LogP contribution is -2.40. The number of nitrogens with one attached hydrogen (secondary N) is 1. The fourth-order valence-corrected chi connectivity index (χ4v) is 4.42. The topological polar surface area (TPSA) is 32.3 Å². The second kappa shape index (κ2) is 7.16. The molecule has 1 saturated heterocycles. The summed E-state index contributed by atoms with van der Waals surface area (Å²) in [6.45, 7) is 10.7. The Balaban J connectivity index is 2.24. The molecule has 2 rings (SSSR count). The third kappa shape index (κ3) is 3.63. The van der Waals surface area contributed by atoms with Crippen LogP contribution in [0.3, 0.4) is 0 Å². The maximum Gasteiger partial charge on any atom is 0.241 e. The van der Waals surface area contributed by atoms with Crippen LogP contribution in [0.1, 0.15) is 43.6 Å². The van der Waals surface area contributed by atoms with Crippen LogP contribution in [0.4, 0.5) is 0 Å². The summed E-state index contributed by atoms with van der Waals surface area (Å²) in [6.07, 6.45) is 0.0380. The van der Waals surface area contributed by atoms with E-state index in [9.17, 15) is 4.79 Å². The van der Waals surface area contributed by atoms with Gasteiger partial charge in [0, 0.05) is 21.5 Å². The van der Waals surface area contributed by atoms with Gasteiger partial charge in [-0.15, -0.1) is 11.3 Å². The van der Waals surface area contributed by atoms with E-state index >= 15 is 0 Å². The van der Waals surface area contributed by atoms with Crippen molar-refractivity contribution >= 4 is 29.0 Å². The maximum absolute atomic E-state index is 12.8. The molecule has 21 heavy (non-hydrogen) atoms. The monoisotopic (exact) mass is 326 g/mol. The average Bonchev–Trinajstić information content (AvgIpc) is 2.99. The van der Waals surface area contributed by atoms with Gasteiger partial charge < -0.3 is 4.90 Å². The molecule has 1 N–H and O–H groups in total. The van der Waals surface area contributed by atoms with Gasteiger partial charge >= 0.3 is 0 Å². The van der Waals surface area contributed by atoms with E-state index in [2.05, 4.69) is 57.0 Å². The number of thiophene rings is 1. The van der Waals surface area contributed by atoms with Crippen LogP contribution in [0.5, 0.6) is 0 Å². The molecule has 0 saturated carbocycles. The number of hydrogen-bond acceptors (Lipinski definition) is 4. The first-order chi connectivity index (χ1) is 9.95. The van der Waals surface area contributed by atoms with Crippen molar-refractivity contribution in [2.45, 2.75) is 52.9 Å². The maximum atomic E-state index is 12.8. The second-order valence-corrected chi connectivity index (χ2v) is 8.63. The van der Waals surface area contributed by atoms with E-state index in [1.807, 2.05) is 11.8 Å². The van der Waals surface area contributed by atoms with Crippen molar-refractivity contribution in [1.82, 2.24) is 10.2 Å². The first kappa shape index (κ1) is 16.8. The van der Waals surface area contributed by atoms with E-state index in [0.717, 1.165) is 11.5 Å². The predicted molar refractivity (Wildman–Crippen MR) is 92.9 cm³/mol. The molecule has 1 aromatic rings. The Morgan fingerprint density at radius 1 is 1.38 bits per heavy atom. The van der Waals surface area contributed by atoms with Crippen LogP contribution in [0.2, 0.25) is 0 Å². The van der Waals surface area contributed by atoms with Crippen molar-refractivity contribution in [3.63, 3.8) is 0 Å². The number of nitrogens with zero attached hydrogens (tertiary/aromatic N) is 1. The molecular formula is C16H26N2OS2. The summed E-state index contributed by atoms with van der Waals surface area (Å²) >= 11 is 3.68. The van der Waals surface area contributed by atoms with Gasteiger partial charge in [-0.1, -0.05) is 20.8 Å². The van der Waals surface area contributed by atoms with Crippen molar-refractivity contribution in [2.24, 2.45) is 5.92 Å². The van der Waals surface area contributed by atoms with Crippen molar-refractivity contribution in [2.75, 3.05) is 11.5 Å². The van der Waals surface area contributed by atoms with Gasteiger partial charge in [0.05, 0.1) is 6.04 Å². The number of amides is 1. The summed E-state index contributed by atoms with van der Waals surface area (Å²) in [5.74, 6) is 2.66. The Labute approximate surface area is 136 Å². The molecule has 0 aliphatic carbocycles. The lowest BCUT2D eigenvalue weighted by molar-refractivity contribution is -0.132. The van der Waals surface area contributed by atoms with Crippen molar-refractivity contribution < 1.29 is 4.79 Å². The summed E-state index contributed by atoms with van der Waals surface area (Å²) < 4.78 is 0. The molecular weight excluding hydrogens is 300 g/mol. The van der Waals surface area contributed by atoms with E-state index in [0.29, 0.717) is 5.92 Å². The summed E-state index contributed by atoms with van der Waals surface area (Å²) in [6, 6.07) is 4.48. The quantitative estimate of drug-likeness (QED) is 0.866. The molecule has 0 aromatic carbocycles.